The van der Waals surface area contributed by atoms with Crippen LogP contribution in [0.25, 0.3) is 0 Å². The van der Waals surface area contributed by atoms with Gasteiger partial charge in [-0.2, -0.15) is 0 Å². The Morgan fingerprint density at radius 2 is 2.29 bits per heavy atom. The highest BCUT2D eigenvalue weighted by molar-refractivity contribution is 5.80. The van der Waals surface area contributed by atoms with Gasteiger partial charge in [0.05, 0.1) is 0 Å². The number of piperidine rings is 2. The average Bonchev–Trinajstić information content (AvgIpc) is 2.17. The SMILES string of the molecule is O=C(O)/C=C1\CCN2CCCCC2C1. The molecule has 2 aliphatic rings. The fourth-order valence-electron chi connectivity index (χ4n) is 2.58. The van der Waals surface area contributed by atoms with Crippen molar-refractivity contribution >= 4 is 5.97 Å². The third kappa shape index (κ3) is 2.15. The quantitative estimate of drug-likeness (QED) is 0.647. The van der Waals surface area contributed by atoms with Gasteiger partial charge in [-0.1, -0.05) is 12.0 Å². The molecule has 2 heterocycles. The lowest BCUT2D eigenvalue weighted by Gasteiger charge is -2.40. The van der Waals surface area contributed by atoms with Gasteiger partial charge >= 0.3 is 5.97 Å². The van der Waals surface area contributed by atoms with E-state index in [0.717, 1.165) is 25.0 Å². The zero-order chi connectivity index (χ0) is 9.97. The molecular weight excluding hydrogens is 178 g/mol. The van der Waals surface area contributed by atoms with E-state index in [2.05, 4.69) is 4.90 Å². The van der Waals surface area contributed by atoms with Crippen molar-refractivity contribution < 1.29 is 9.90 Å². The number of rotatable bonds is 1. The largest absolute Gasteiger partial charge is 0.478 e. The van der Waals surface area contributed by atoms with Crippen LogP contribution in [0, 0.1) is 0 Å². The van der Waals surface area contributed by atoms with Gasteiger partial charge in [0.1, 0.15) is 0 Å². The summed E-state index contributed by atoms with van der Waals surface area (Å²) in [6, 6.07) is 0.628. The Balaban J connectivity index is 1.99. The highest BCUT2D eigenvalue weighted by Gasteiger charge is 2.27. The highest BCUT2D eigenvalue weighted by atomic mass is 16.4. The molecule has 0 saturated carbocycles. The van der Waals surface area contributed by atoms with E-state index in [0.29, 0.717) is 6.04 Å². The maximum atomic E-state index is 10.5. The van der Waals surface area contributed by atoms with E-state index >= 15 is 0 Å². The molecule has 0 aromatic rings. The van der Waals surface area contributed by atoms with Crippen LogP contribution < -0.4 is 0 Å². The minimum Gasteiger partial charge on any atom is -0.478 e. The number of hydrogen-bond acceptors (Lipinski definition) is 2. The van der Waals surface area contributed by atoms with E-state index in [1.165, 1.54) is 31.9 Å². The number of fused-ring (bicyclic) bond motifs is 1. The first-order valence-corrected chi connectivity index (χ1v) is 5.42. The summed E-state index contributed by atoms with van der Waals surface area (Å²) in [5, 5.41) is 8.67. The van der Waals surface area contributed by atoms with Crippen molar-refractivity contribution in [3.8, 4) is 0 Å². The Bertz CT molecular complexity index is 260. The second-order valence-corrected chi connectivity index (χ2v) is 4.28. The molecule has 0 aliphatic carbocycles. The molecule has 1 unspecified atom stereocenters. The number of carboxylic acid groups (broad SMARTS) is 1. The van der Waals surface area contributed by atoms with Crippen LogP contribution in [0.3, 0.4) is 0 Å². The van der Waals surface area contributed by atoms with Crippen molar-refractivity contribution in [1.29, 1.82) is 0 Å². The van der Waals surface area contributed by atoms with Crippen LogP contribution in [0.2, 0.25) is 0 Å². The summed E-state index contributed by atoms with van der Waals surface area (Å²) in [5.74, 6) is -0.788. The van der Waals surface area contributed by atoms with Crippen molar-refractivity contribution in [3.63, 3.8) is 0 Å². The van der Waals surface area contributed by atoms with E-state index in [1.54, 1.807) is 0 Å². The van der Waals surface area contributed by atoms with Gasteiger partial charge in [-0.3, -0.25) is 4.90 Å². The summed E-state index contributed by atoms with van der Waals surface area (Å²) in [6.07, 6.45) is 7.20. The van der Waals surface area contributed by atoms with Crippen LogP contribution >= 0.6 is 0 Å². The molecule has 2 saturated heterocycles. The minimum atomic E-state index is -0.788. The van der Waals surface area contributed by atoms with Gasteiger partial charge < -0.3 is 5.11 Å². The highest BCUT2D eigenvalue weighted by Crippen LogP contribution is 2.28. The lowest BCUT2D eigenvalue weighted by Crippen LogP contribution is -2.43. The summed E-state index contributed by atoms with van der Waals surface area (Å²) >= 11 is 0. The first-order valence-electron chi connectivity index (χ1n) is 5.42. The summed E-state index contributed by atoms with van der Waals surface area (Å²) in [4.78, 5) is 13.1. The summed E-state index contributed by atoms with van der Waals surface area (Å²) < 4.78 is 0. The Kier molecular flexibility index (Phi) is 2.87. The fraction of sp³-hybridized carbons (Fsp3) is 0.727. The monoisotopic (exact) mass is 195 g/mol. The maximum absolute atomic E-state index is 10.5. The van der Waals surface area contributed by atoms with E-state index in [-0.39, 0.29) is 0 Å². The topological polar surface area (TPSA) is 40.5 Å². The lowest BCUT2D eigenvalue weighted by molar-refractivity contribution is -0.131. The van der Waals surface area contributed by atoms with Gasteiger partial charge in [0.2, 0.25) is 0 Å². The lowest BCUT2D eigenvalue weighted by atomic mass is 9.90. The average molecular weight is 195 g/mol. The third-order valence-corrected chi connectivity index (χ3v) is 3.29. The Labute approximate surface area is 84.4 Å². The maximum Gasteiger partial charge on any atom is 0.328 e. The van der Waals surface area contributed by atoms with Gasteiger partial charge in [0, 0.05) is 18.7 Å². The van der Waals surface area contributed by atoms with Gasteiger partial charge in [0.15, 0.2) is 0 Å². The van der Waals surface area contributed by atoms with Crippen molar-refractivity contribution in [2.24, 2.45) is 0 Å². The van der Waals surface area contributed by atoms with Crippen LogP contribution in [0.4, 0.5) is 0 Å². The normalized spacial score (nSPS) is 31.4. The van der Waals surface area contributed by atoms with Gasteiger partial charge in [-0.15, -0.1) is 0 Å². The summed E-state index contributed by atoms with van der Waals surface area (Å²) in [6.45, 7) is 2.27. The minimum absolute atomic E-state index is 0.628. The third-order valence-electron chi connectivity index (χ3n) is 3.29. The van der Waals surface area contributed by atoms with Crippen molar-refractivity contribution in [1.82, 2.24) is 4.90 Å². The molecule has 0 bridgehead atoms. The second-order valence-electron chi connectivity index (χ2n) is 4.28. The predicted octanol–water partition coefficient (Wildman–Crippen LogP) is 1.65. The van der Waals surface area contributed by atoms with Crippen molar-refractivity contribution in [2.45, 2.75) is 38.1 Å². The molecule has 1 N–H and O–H groups in total. The van der Waals surface area contributed by atoms with Crippen LogP contribution in [0.1, 0.15) is 32.1 Å². The summed E-state index contributed by atoms with van der Waals surface area (Å²) in [7, 11) is 0. The van der Waals surface area contributed by atoms with Crippen LogP contribution in [-0.2, 0) is 4.79 Å². The van der Waals surface area contributed by atoms with E-state index < -0.39 is 5.97 Å². The summed E-state index contributed by atoms with van der Waals surface area (Å²) in [5.41, 5.74) is 1.13. The molecule has 2 rings (SSSR count). The molecule has 0 aromatic heterocycles. The van der Waals surface area contributed by atoms with E-state index in [1.807, 2.05) is 0 Å². The number of carboxylic acids is 1. The van der Waals surface area contributed by atoms with Gasteiger partial charge in [-0.25, -0.2) is 4.79 Å². The number of hydrogen-bond donors (Lipinski definition) is 1. The van der Waals surface area contributed by atoms with Crippen LogP contribution in [0.5, 0.6) is 0 Å². The van der Waals surface area contributed by atoms with E-state index in [9.17, 15) is 4.79 Å². The van der Waals surface area contributed by atoms with Crippen LogP contribution in [-0.4, -0.2) is 35.1 Å². The molecule has 78 valence electrons. The van der Waals surface area contributed by atoms with Gasteiger partial charge in [-0.05, 0) is 32.2 Å². The molecule has 2 fully saturated rings. The number of aliphatic carboxylic acids is 1. The number of nitrogens with zero attached hydrogens (tertiary/aromatic N) is 1. The molecule has 1 atom stereocenters. The molecule has 0 spiro atoms. The van der Waals surface area contributed by atoms with Gasteiger partial charge in [0.25, 0.3) is 0 Å². The Hall–Kier alpha value is -0.830. The molecule has 3 heteroatoms. The fourth-order valence-corrected chi connectivity index (χ4v) is 2.58. The van der Waals surface area contributed by atoms with E-state index in [4.69, 9.17) is 5.11 Å². The molecular formula is C11H17NO2. The van der Waals surface area contributed by atoms with Crippen LogP contribution in [0.15, 0.2) is 11.6 Å². The van der Waals surface area contributed by atoms with Crippen molar-refractivity contribution in [3.05, 3.63) is 11.6 Å². The Morgan fingerprint density at radius 1 is 1.43 bits per heavy atom. The van der Waals surface area contributed by atoms with Crippen molar-refractivity contribution in [2.75, 3.05) is 13.1 Å². The second kappa shape index (κ2) is 4.13. The molecule has 0 aromatic carbocycles. The molecule has 0 amide bonds. The molecule has 2 aliphatic heterocycles. The zero-order valence-electron chi connectivity index (χ0n) is 8.41. The number of carbonyl (C=O) groups is 1. The molecule has 14 heavy (non-hydrogen) atoms. The first kappa shape index (κ1) is 9.71. The molecule has 0 radical (unpaired) electrons. The standard InChI is InChI=1S/C11H17NO2/c13-11(14)8-9-4-6-12-5-2-1-3-10(12)7-9/h8,10H,1-7H2,(H,13,14)/b9-8+. The smallest absolute Gasteiger partial charge is 0.328 e. The first-order chi connectivity index (χ1) is 6.75. The zero-order valence-corrected chi connectivity index (χ0v) is 8.41. The molecule has 3 nitrogen and oxygen atoms in total. The Morgan fingerprint density at radius 3 is 3.07 bits per heavy atom. The predicted molar refractivity (Wildman–Crippen MR) is 54.2 cm³/mol.